The highest BCUT2D eigenvalue weighted by molar-refractivity contribution is 5.84. The monoisotopic (exact) mass is 202 g/mol. The van der Waals surface area contributed by atoms with E-state index in [2.05, 4.69) is 41.8 Å². The molecule has 0 spiro atoms. The SMILES string of the molecule is Cc1nn(C2COC2)c2c(C)cccc12. The fourth-order valence-corrected chi connectivity index (χ4v) is 2.15. The highest BCUT2D eigenvalue weighted by atomic mass is 16.5. The Morgan fingerprint density at radius 1 is 1.33 bits per heavy atom. The molecule has 2 heterocycles. The first-order valence-electron chi connectivity index (χ1n) is 5.29. The van der Waals surface area contributed by atoms with E-state index in [1.54, 1.807) is 0 Å². The Balaban J connectivity index is 2.29. The van der Waals surface area contributed by atoms with Gasteiger partial charge in [-0.25, -0.2) is 0 Å². The van der Waals surface area contributed by atoms with Crippen LogP contribution < -0.4 is 0 Å². The van der Waals surface area contributed by atoms with Gasteiger partial charge in [-0.15, -0.1) is 0 Å². The molecule has 1 aromatic heterocycles. The van der Waals surface area contributed by atoms with Crippen molar-refractivity contribution in [3.8, 4) is 0 Å². The van der Waals surface area contributed by atoms with Crippen molar-refractivity contribution in [2.75, 3.05) is 13.2 Å². The molecule has 3 rings (SSSR count). The van der Waals surface area contributed by atoms with Crippen molar-refractivity contribution in [1.29, 1.82) is 0 Å². The summed E-state index contributed by atoms with van der Waals surface area (Å²) < 4.78 is 7.35. The van der Waals surface area contributed by atoms with Crippen LogP contribution in [0.1, 0.15) is 17.3 Å². The van der Waals surface area contributed by atoms with Gasteiger partial charge in [0.2, 0.25) is 0 Å². The summed E-state index contributed by atoms with van der Waals surface area (Å²) in [7, 11) is 0. The van der Waals surface area contributed by atoms with E-state index in [9.17, 15) is 0 Å². The number of aryl methyl sites for hydroxylation is 2. The quantitative estimate of drug-likeness (QED) is 0.709. The number of ether oxygens (including phenoxy) is 1. The first-order chi connectivity index (χ1) is 7.27. The van der Waals surface area contributed by atoms with Crippen molar-refractivity contribution in [1.82, 2.24) is 9.78 Å². The van der Waals surface area contributed by atoms with Gasteiger partial charge in [-0.1, -0.05) is 18.2 Å². The van der Waals surface area contributed by atoms with Crippen molar-refractivity contribution in [3.63, 3.8) is 0 Å². The van der Waals surface area contributed by atoms with Gasteiger partial charge in [0, 0.05) is 5.39 Å². The largest absolute Gasteiger partial charge is 0.377 e. The highest BCUT2D eigenvalue weighted by Crippen LogP contribution is 2.27. The minimum Gasteiger partial charge on any atom is -0.377 e. The minimum atomic E-state index is 0.433. The molecule has 3 heteroatoms. The van der Waals surface area contributed by atoms with Gasteiger partial charge in [-0.05, 0) is 19.4 Å². The molecule has 0 aliphatic carbocycles. The Morgan fingerprint density at radius 2 is 2.13 bits per heavy atom. The molecule has 2 aromatic rings. The summed E-state index contributed by atoms with van der Waals surface area (Å²) in [6.45, 7) is 5.80. The Bertz CT molecular complexity index is 512. The lowest BCUT2D eigenvalue weighted by Gasteiger charge is -2.27. The van der Waals surface area contributed by atoms with E-state index in [-0.39, 0.29) is 0 Å². The molecule has 0 amide bonds. The number of rotatable bonds is 1. The summed E-state index contributed by atoms with van der Waals surface area (Å²) in [6, 6.07) is 6.80. The van der Waals surface area contributed by atoms with Gasteiger partial charge in [0.15, 0.2) is 0 Å². The second-order valence-electron chi connectivity index (χ2n) is 4.19. The molecular weight excluding hydrogens is 188 g/mol. The van der Waals surface area contributed by atoms with Crippen molar-refractivity contribution in [2.24, 2.45) is 0 Å². The molecule has 0 N–H and O–H groups in total. The van der Waals surface area contributed by atoms with E-state index >= 15 is 0 Å². The average molecular weight is 202 g/mol. The number of para-hydroxylation sites is 1. The number of benzene rings is 1. The molecule has 0 atom stereocenters. The Hall–Kier alpha value is -1.35. The van der Waals surface area contributed by atoms with Crippen LogP contribution in [0.2, 0.25) is 0 Å². The van der Waals surface area contributed by atoms with Gasteiger partial charge < -0.3 is 4.74 Å². The van der Waals surface area contributed by atoms with Gasteiger partial charge in [0.25, 0.3) is 0 Å². The highest BCUT2D eigenvalue weighted by Gasteiger charge is 2.24. The number of aromatic nitrogens is 2. The lowest BCUT2D eigenvalue weighted by molar-refractivity contribution is -0.0268. The fourth-order valence-electron chi connectivity index (χ4n) is 2.15. The first-order valence-corrected chi connectivity index (χ1v) is 5.29. The Morgan fingerprint density at radius 3 is 2.80 bits per heavy atom. The molecule has 1 saturated heterocycles. The number of nitrogens with zero attached hydrogens (tertiary/aromatic N) is 2. The van der Waals surface area contributed by atoms with Crippen molar-refractivity contribution >= 4 is 10.9 Å². The molecule has 0 unspecified atom stereocenters. The topological polar surface area (TPSA) is 27.1 Å². The maximum Gasteiger partial charge on any atom is 0.0992 e. The maximum absolute atomic E-state index is 5.23. The molecule has 15 heavy (non-hydrogen) atoms. The molecule has 0 bridgehead atoms. The summed E-state index contributed by atoms with van der Waals surface area (Å²) in [5.41, 5.74) is 3.67. The standard InChI is InChI=1S/C12H14N2O/c1-8-4-3-5-11-9(2)13-14(12(8)11)10-6-15-7-10/h3-5,10H,6-7H2,1-2H3. The summed E-state index contributed by atoms with van der Waals surface area (Å²) >= 11 is 0. The van der Waals surface area contributed by atoms with Gasteiger partial charge in [-0.3, -0.25) is 4.68 Å². The van der Waals surface area contributed by atoms with Crippen LogP contribution >= 0.6 is 0 Å². The van der Waals surface area contributed by atoms with Crippen LogP contribution in [0.25, 0.3) is 10.9 Å². The lowest BCUT2D eigenvalue weighted by atomic mass is 10.1. The third-order valence-corrected chi connectivity index (χ3v) is 3.08. The second kappa shape index (κ2) is 3.07. The van der Waals surface area contributed by atoms with Crippen LogP contribution in [0, 0.1) is 13.8 Å². The van der Waals surface area contributed by atoms with Gasteiger partial charge in [-0.2, -0.15) is 5.10 Å². The van der Waals surface area contributed by atoms with Crippen molar-refractivity contribution < 1.29 is 4.74 Å². The van der Waals surface area contributed by atoms with E-state index in [1.807, 2.05) is 0 Å². The third kappa shape index (κ3) is 1.20. The van der Waals surface area contributed by atoms with Crippen LogP contribution in [-0.4, -0.2) is 23.0 Å². The number of hydrogen-bond acceptors (Lipinski definition) is 2. The zero-order valence-corrected chi connectivity index (χ0v) is 9.03. The molecule has 0 saturated carbocycles. The zero-order valence-electron chi connectivity index (χ0n) is 9.03. The van der Waals surface area contributed by atoms with E-state index in [0.29, 0.717) is 6.04 Å². The summed E-state index contributed by atoms with van der Waals surface area (Å²) in [6.07, 6.45) is 0. The third-order valence-electron chi connectivity index (χ3n) is 3.08. The molecule has 0 radical (unpaired) electrons. The van der Waals surface area contributed by atoms with Crippen LogP contribution in [0.15, 0.2) is 18.2 Å². The van der Waals surface area contributed by atoms with Gasteiger partial charge in [0.05, 0.1) is 30.5 Å². The molecule has 3 nitrogen and oxygen atoms in total. The average Bonchev–Trinajstić information content (AvgIpc) is 2.43. The second-order valence-corrected chi connectivity index (χ2v) is 4.19. The van der Waals surface area contributed by atoms with E-state index in [1.165, 1.54) is 16.5 Å². The Labute approximate surface area is 88.7 Å². The van der Waals surface area contributed by atoms with Gasteiger partial charge >= 0.3 is 0 Å². The molecule has 78 valence electrons. The molecule has 1 aliphatic heterocycles. The number of hydrogen-bond donors (Lipinski definition) is 0. The Kier molecular flexibility index (Phi) is 1.83. The molecule has 1 fully saturated rings. The predicted octanol–water partition coefficient (Wildman–Crippen LogP) is 2.22. The first kappa shape index (κ1) is 8.92. The molecular formula is C12H14N2O. The number of fused-ring (bicyclic) bond motifs is 1. The van der Waals surface area contributed by atoms with Crippen molar-refractivity contribution in [3.05, 3.63) is 29.5 Å². The summed E-state index contributed by atoms with van der Waals surface area (Å²) in [5, 5.41) is 5.87. The summed E-state index contributed by atoms with van der Waals surface area (Å²) in [4.78, 5) is 0. The van der Waals surface area contributed by atoms with Crippen LogP contribution in [-0.2, 0) is 4.74 Å². The molecule has 1 aliphatic rings. The minimum absolute atomic E-state index is 0.433. The normalized spacial score (nSPS) is 16.9. The van der Waals surface area contributed by atoms with Gasteiger partial charge in [0.1, 0.15) is 0 Å². The predicted molar refractivity (Wildman–Crippen MR) is 59.1 cm³/mol. The van der Waals surface area contributed by atoms with E-state index < -0.39 is 0 Å². The smallest absolute Gasteiger partial charge is 0.0992 e. The zero-order chi connectivity index (χ0) is 10.4. The van der Waals surface area contributed by atoms with Crippen LogP contribution in [0.5, 0.6) is 0 Å². The van der Waals surface area contributed by atoms with E-state index in [4.69, 9.17) is 4.74 Å². The lowest BCUT2D eigenvalue weighted by Crippen LogP contribution is -2.31. The van der Waals surface area contributed by atoms with E-state index in [0.717, 1.165) is 18.9 Å². The van der Waals surface area contributed by atoms with Crippen LogP contribution in [0.3, 0.4) is 0 Å². The molecule has 1 aromatic carbocycles. The summed E-state index contributed by atoms with van der Waals surface area (Å²) in [5.74, 6) is 0. The maximum atomic E-state index is 5.23. The van der Waals surface area contributed by atoms with Crippen molar-refractivity contribution in [2.45, 2.75) is 19.9 Å². The fraction of sp³-hybridized carbons (Fsp3) is 0.417. The van der Waals surface area contributed by atoms with Crippen LogP contribution in [0.4, 0.5) is 0 Å².